The van der Waals surface area contributed by atoms with Crippen LogP contribution in [0, 0.1) is 5.41 Å². The summed E-state index contributed by atoms with van der Waals surface area (Å²) in [5.41, 5.74) is 2.86. The predicted molar refractivity (Wildman–Crippen MR) is 134 cm³/mol. The van der Waals surface area contributed by atoms with Crippen LogP contribution in [0.1, 0.15) is 56.7 Å². The number of fused-ring (bicyclic) bond motifs is 3. The van der Waals surface area contributed by atoms with Gasteiger partial charge in [-0.15, -0.1) is 0 Å². The fraction of sp³-hybridized carbons (Fsp3) is 0.593. The van der Waals surface area contributed by atoms with E-state index in [2.05, 4.69) is 23.5 Å². The van der Waals surface area contributed by atoms with E-state index >= 15 is 0 Å². The zero-order valence-corrected chi connectivity index (χ0v) is 21.3. The molecule has 2 unspecified atom stereocenters. The van der Waals surface area contributed by atoms with Crippen molar-refractivity contribution in [3.05, 3.63) is 41.0 Å². The summed E-state index contributed by atoms with van der Waals surface area (Å²) in [7, 11) is 0. The average Bonchev–Trinajstić information content (AvgIpc) is 3.25. The molecule has 4 bridgehead atoms. The monoisotopic (exact) mass is 499 g/mol. The van der Waals surface area contributed by atoms with Gasteiger partial charge in [-0.3, -0.25) is 4.90 Å². The lowest BCUT2D eigenvalue weighted by Gasteiger charge is -2.39. The average molecular weight is 500 g/mol. The van der Waals surface area contributed by atoms with Crippen LogP contribution in [0.25, 0.3) is 6.08 Å². The number of benzene rings is 1. The van der Waals surface area contributed by atoms with Crippen LogP contribution in [0.3, 0.4) is 0 Å². The minimum atomic E-state index is -1.16. The molecule has 0 spiro atoms. The van der Waals surface area contributed by atoms with E-state index in [1.165, 1.54) is 5.56 Å². The first-order valence-electron chi connectivity index (χ1n) is 12.7. The van der Waals surface area contributed by atoms with Gasteiger partial charge in [-0.25, -0.2) is 9.59 Å². The number of ether oxygens (including phenoxy) is 2. The second-order valence-electron chi connectivity index (χ2n) is 10.9. The van der Waals surface area contributed by atoms with Crippen molar-refractivity contribution in [1.82, 2.24) is 15.1 Å². The van der Waals surface area contributed by atoms with E-state index in [1.807, 2.05) is 32.9 Å². The molecule has 0 aliphatic carbocycles. The summed E-state index contributed by atoms with van der Waals surface area (Å²) in [6.45, 7) is 7.14. The van der Waals surface area contributed by atoms with E-state index in [0.717, 1.165) is 30.3 Å². The van der Waals surface area contributed by atoms with Crippen molar-refractivity contribution in [2.45, 2.75) is 77.4 Å². The van der Waals surface area contributed by atoms with Crippen molar-refractivity contribution in [3.8, 4) is 0 Å². The van der Waals surface area contributed by atoms with Crippen LogP contribution in [-0.4, -0.2) is 77.5 Å². The summed E-state index contributed by atoms with van der Waals surface area (Å²) in [5, 5.41) is 14.0. The fourth-order valence-electron chi connectivity index (χ4n) is 5.18. The second-order valence-corrected chi connectivity index (χ2v) is 10.9. The second kappa shape index (κ2) is 11.0. The summed E-state index contributed by atoms with van der Waals surface area (Å²) in [5.74, 6) is 0. The molecule has 0 radical (unpaired) electrons. The van der Waals surface area contributed by atoms with E-state index in [-0.39, 0.29) is 19.6 Å². The van der Waals surface area contributed by atoms with E-state index in [1.54, 1.807) is 9.80 Å². The highest BCUT2D eigenvalue weighted by Crippen LogP contribution is 2.30. The molecule has 2 N–H and O–H groups in total. The highest BCUT2D eigenvalue weighted by Gasteiger charge is 2.44. The Morgan fingerprint density at radius 1 is 1.22 bits per heavy atom. The van der Waals surface area contributed by atoms with Gasteiger partial charge in [-0.2, -0.15) is 0 Å². The Hall–Kier alpha value is -2.91. The first kappa shape index (κ1) is 26.2. The molecule has 36 heavy (non-hydrogen) atoms. The number of nitrogens with one attached hydrogen (secondary N) is 1. The number of nitrogens with zero attached hydrogens (tertiary/aromatic N) is 2. The van der Waals surface area contributed by atoms with Gasteiger partial charge in [0.05, 0.1) is 18.7 Å². The van der Waals surface area contributed by atoms with Gasteiger partial charge in [0.1, 0.15) is 18.6 Å². The van der Waals surface area contributed by atoms with Gasteiger partial charge in [0.2, 0.25) is 0 Å². The molecule has 9 nitrogen and oxygen atoms in total. The predicted octanol–water partition coefficient (Wildman–Crippen LogP) is 3.09. The molecular formula is C27H37N3O6. The van der Waals surface area contributed by atoms with Crippen molar-refractivity contribution in [2.24, 2.45) is 5.41 Å². The molecule has 1 fully saturated rings. The minimum absolute atomic E-state index is 0.192. The van der Waals surface area contributed by atoms with Gasteiger partial charge in [-0.05, 0) is 41.4 Å². The smallest absolute Gasteiger partial charge is 0.410 e. The van der Waals surface area contributed by atoms with E-state index in [9.17, 15) is 19.5 Å². The summed E-state index contributed by atoms with van der Waals surface area (Å²) in [6, 6.07) is 4.81. The van der Waals surface area contributed by atoms with Crippen LogP contribution >= 0.6 is 0 Å². The Balaban J connectivity index is 1.59. The van der Waals surface area contributed by atoms with Crippen molar-refractivity contribution < 1.29 is 29.0 Å². The number of cyclic esters (lactones) is 1. The van der Waals surface area contributed by atoms with Gasteiger partial charge >= 0.3 is 12.2 Å². The van der Waals surface area contributed by atoms with Crippen molar-refractivity contribution in [3.63, 3.8) is 0 Å². The van der Waals surface area contributed by atoms with Gasteiger partial charge < -0.3 is 29.6 Å². The van der Waals surface area contributed by atoms with Gasteiger partial charge in [0.15, 0.2) is 0 Å². The maximum atomic E-state index is 13.1. The molecule has 5 atom stereocenters. The SMILES string of the molecule is CC(C)(C)[C@@H]1NC(=O)OCCC/C=C/c2cccc3c2CN(CC3)C(=O)O[C@@H]2C[C@@H](C=O)N(C2)C1O. The molecule has 196 valence electrons. The largest absolute Gasteiger partial charge is 0.450 e. The van der Waals surface area contributed by atoms with Crippen molar-refractivity contribution in [2.75, 3.05) is 19.7 Å². The van der Waals surface area contributed by atoms with Gasteiger partial charge in [-0.1, -0.05) is 51.1 Å². The lowest BCUT2D eigenvalue weighted by atomic mass is 9.85. The molecule has 3 aliphatic rings. The molecular weight excluding hydrogens is 462 g/mol. The third kappa shape index (κ3) is 5.90. The zero-order valence-electron chi connectivity index (χ0n) is 21.3. The number of hydrogen-bond donors (Lipinski definition) is 2. The van der Waals surface area contributed by atoms with Crippen LogP contribution in [0.2, 0.25) is 0 Å². The zero-order chi connectivity index (χ0) is 25.9. The summed E-state index contributed by atoms with van der Waals surface area (Å²) < 4.78 is 11.2. The third-order valence-electron chi connectivity index (χ3n) is 7.23. The number of rotatable bonds is 1. The van der Waals surface area contributed by atoms with Gasteiger partial charge in [0, 0.05) is 26.1 Å². The molecule has 1 aromatic carbocycles. The lowest BCUT2D eigenvalue weighted by Crippen LogP contribution is -2.58. The standard InChI is InChI=1S/C27H37N3O6/c1-27(2,3)23-24(32)30-15-21(14-20(30)17-31)36-26(34)29-12-11-19-10-7-9-18(22(19)16-29)8-5-4-6-13-35-25(33)28-23/h5,7-10,17,20-21,23-24,32H,4,6,11-16H2,1-3H3,(H,28,33)/b8-5+/t20-,21+,23+,24?/m0/s1. The van der Waals surface area contributed by atoms with Crippen molar-refractivity contribution >= 4 is 24.5 Å². The van der Waals surface area contributed by atoms with Crippen LogP contribution in [0.4, 0.5) is 9.59 Å². The Morgan fingerprint density at radius 3 is 2.78 bits per heavy atom. The van der Waals surface area contributed by atoms with Crippen LogP contribution in [-0.2, 0) is 27.2 Å². The molecule has 3 heterocycles. The fourth-order valence-corrected chi connectivity index (χ4v) is 5.18. The molecule has 2 amide bonds. The number of allylic oxidation sites excluding steroid dienone is 1. The number of alkyl carbamates (subject to hydrolysis) is 1. The quantitative estimate of drug-likeness (QED) is 0.572. The normalized spacial score (nSPS) is 30.7. The highest BCUT2D eigenvalue weighted by molar-refractivity contribution is 5.70. The summed E-state index contributed by atoms with van der Waals surface area (Å²) in [4.78, 5) is 40.8. The number of aliphatic hydroxyl groups is 1. The minimum Gasteiger partial charge on any atom is -0.450 e. The summed E-state index contributed by atoms with van der Waals surface area (Å²) >= 11 is 0. The number of carbonyl (C=O) groups excluding carboxylic acids is 3. The first-order valence-corrected chi connectivity index (χ1v) is 12.7. The van der Waals surface area contributed by atoms with Crippen LogP contribution in [0.5, 0.6) is 0 Å². The molecule has 1 saturated heterocycles. The van der Waals surface area contributed by atoms with Gasteiger partial charge in [0.25, 0.3) is 0 Å². The van der Waals surface area contributed by atoms with Crippen molar-refractivity contribution in [1.29, 1.82) is 0 Å². The lowest BCUT2D eigenvalue weighted by molar-refractivity contribution is -0.118. The number of carbonyl (C=O) groups is 3. The maximum Gasteiger partial charge on any atom is 0.410 e. The molecule has 9 heteroatoms. The number of amides is 2. The molecule has 0 aromatic heterocycles. The Morgan fingerprint density at radius 2 is 2.03 bits per heavy atom. The van der Waals surface area contributed by atoms with Crippen LogP contribution < -0.4 is 5.32 Å². The third-order valence-corrected chi connectivity index (χ3v) is 7.23. The summed E-state index contributed by atoms with van der Waals surface area (Å²) in [6.07, 6.45) is 4.53. The number of aliphatic hydroxyl groups excluding tert-OH is 1. The highest BCUT2D eigenvalue weighted by atomic mass is 16.6. The molecule has 0 saturated carbocycles. The van der Waals surface area contributed by atoms with E-state index in [0.29, 0.717) is 19.5 Å². The Bertz CT molecular complexity index is 1000. The first-order chi connectivity index (χ1) is 17.2. The maximum absolute atomic E-state index is 13.1. The molecule has 3 aliphatic heterocycles. The Labute approximate surface area is 212 Å². The Kier molecular flexibility index (Phi) is 8.00. The van der Waals surface area contributed by atoms with E-state index in [4.69, 9.17) is 9.47 Å². The number of hydrogen-bond acceptors (Lipinski definition) is 7. The molecule has 1 aromatic rings. The topological polar surface area (TPSA) is 108 Å². The number of aldehydes is 1. The van der Waals surface area contributed by atoms with Crippen LogP contribution in [0.15, 0.2) is 24.3 Å². The van der Waals surface area contributed by atoms with E-state index < -0.39 is 42.0 Å². The molecule has 4 rings (SSSR count).